The molecule has 1 aromatic heterocycles. The van der Waals surface area contributed by atoms with Crippen LogP contribution in [0.25, 0.3) is 0 Å². The van der Waals surface area contributed by atoms with Crippen LogP contribution in [0.15, 0.2) is 5.38 Å². The van der Waals surface area contributed by atoms with Gasteiger partial charge in [-0.3, -0.25) is 0 Å². The van der Waals surface area contributed by atoms with Crippen molar-refractivity contribution in [2.45, 2.75) is 38.2 Å². The van der Waals surface area contributed by atoms with E-state index in [4.69, 9.17) is 21.1 Å². The number of aryl methyl sites for hydroxylation is 1. The Morgan fingerprint density at radius 1 is 1.47 bits per heavy atom. The third-order valence-corrected chi connectivity index (χ3v) is 3.56. The fraction of sp³-hybridized carbons (Fsp3) is 0.750. The first-order chi connectivity index (χ1) is 8.26. The smallest absolute Gasteiger partial charge is 0.0928 e. The number of unbranched alkanes of at least 4 members (excludes halogenated alkanes) is 1. The number of alkyl halides is 1. The van der Waals surface area contributed by atoms with Crippen molar-refractivity contribution in [3.05, 3.63) is 16.1 Å². The highest BCUT2D eigenvalue weighted by atomic mass is 35.5. The highest BCUT2D eigenvalue weighted by molar-refractivity contribution is 7.09. The molecule has 1 atom stereocenters. The van der Waals surface area contributed by atoms with E-state index in [1.807, 2.05) is 12.3 Å². The van der Waals surface area contributed by atoms with Crippen LogP contribution in [0.3, 0.4) is 0 Å². The fourth-order valence-electron chi connectivity index (χ4n) is 1.47. The van der Waals surface area contributed by atoms with Crippen LogP contribution >= 0.6 is 22.9 Å². The summed E-state index contributed by atoms with van der Waals surface area (Å²) in [5.74, 6) is 0.508. The van der Waals surface area contributed by atoms with Crippen LogP contribution in [0.4, 0.5) is 0 Å². The summed E-state index contributed by atoms with van der Waals surface area (Å²) in [7, 11) is 1.69. The fourth-order valence-corrected chi connectivity index (χ4v) is 2.54. The third-order valence-electron chi connectivity index (χ3n) is 2.32. The number of ether oxygens (including phenoxy) is 2. The maximum atomic E-state index is 5.70. The lowest BCUT2D eigenvalue weighted by Gasteiger charge is -2.11. The van der Waals surface area contributed by atoms with Gasteiger partial charge in [-0.15, -0.1) is 22.9 Å². The molecule has 0 aliphatic carbocycles. The molecule has 17 heavy (non-hydrogen) atoms. The average Bonchev–Trinajstić information content (AvgIpc) is 2.77. The minimum absolute atomic E-state index is 0.183. The first kappa shape index (κ1) is 14.9. The predicted octanol–water partition coefficient (Wildman–Crippen LogP) is 3.26. The first-order valence-corrected chi connectivity index (χ1v) is 7.27. The third kappa shape index (κ3) is 6.36. The summed E-state index contributed by atoms with van der Waals surface area (Å²) in [5.41, 5.74) is 0.983. The molecule has 1 rings (SSSR count). The van der Waals surface area contributed by atoms with Gasteiger partial charge in [0.15, 0.2) is 0 Å². The number of hydrogen-bond donors (Lipinski definition) is 0. The SMILES string of the molecule is COCC(C)OCCCCc1nc(CCl)cs1. The minimum atomic E-state index is 0.183. The number of rotatable bonds is 9. The Morgan fingerprint density at radius 2 is 2.29 bits per heavy atom. The van der Waals surface area contributed by atoms with E-state index >= 15 is 0 Å². The standard InChI is InChI=1S/C12H20ClNO2S/c1-10(8-15-2)16-6-4-3-5-12-14-11(7-13)9-17-12/h9-10H,3-8H2,1-2H3. The maximum absolute atomic E-state index is 5.70. The molecule has 3 nitrogen and oxygen atoms in total. The van der Waals surface area contributed by atoms with E-state index in [1.165, 1.54) is 5.01 Å². The summed E-state index contributed by atoms with van der Waals surface area (Å²) in [6.07, 6.45) is 3.37. The Morgan fingerprint density at radius 3 is 2.94 bits per heavy atom. The zero-order valence-corrected chi connectivity index (χ0v) is 12.0. The van der Waals surface area contributed by atoms with Gasteiger partial charge in [-0.05, 0) is 26.2 Å². The quantitative estimate of drug-likeness (QED) is 0.513. The van der Waals surface area contributed by atoms with Crippen LogP contribution in [-0.4, -0.2) is 31.4 Å². The van der Waals surface area contributed by atoms with E-state index in [2.05, 4.69) is 4.98 Å². The van der Waals surface area contributed by atoms with Crippen molar-refractivity contribution in [2.75, 3.05) is 20.3 Å². The van der Waals surface area contributed by atoms with Gasteiger partial charge in [-0.1, -0.05) is 0 Å². The molecule has 0 aliphatic heterocycles. The lowest BCUT2D eigenvalue weighted by molar-refractivity contribution is 0.00781. The van der Waals surface area contributed by atoms with Gasteiger partial charge in [0.1, 0.15) is 0 Å². The van der Waals surface area contributed by atoms with Gasteiger partial charge >= 0.3 is 0 Å². The minimum Gasteiger partial charge on any atom is -0.382 e. The van der Waals surface area contributed by atoms with E-state index in [1.54, 1.807) is 18.4 Å². The van der Waals surface area contributed by atoms with Gasteiger partial charge in [0, 0.05) is 19.1 Å². The van der Waals surface area contributed by atoms with Crippen molar-refractivity contribution in [3.8, 4) is 0 Å². The predicted molar refractivity (Wildman–Crippen MR) is 71.9 cm³/mol. The zero-order valence-electron chi connectivity index (χ0n) is 10.4. The Bertz CT molecular complexity index is 306. The summed E-state index contributed by atoms with van der Waals surface area (Å²) in [4.78, 5) is 4.42. The molecule has 0 aliphatic rings. The van der Waals surface area contributed by atoms with Gasteiger partial charge in [-0.2, -0.15) is 0 Å². The van der Waals surface area contributed by atoms with Crippen LogP contribution in [0.1, 0.15) is 30.5 Å². The molecule has 1 aromatic rings. The highest BCUT2D eigenvalue weighted by Gasteiger charge is 2.02. The molecule has 0 N–H and O–H groups in total. The number of hydrogen-bond acceptors (Lipinski definition) is 4. The molecule has 0 aromatic carbocycles. The van der Waals surface area contributed by atoms with E-state index < -0.39 is 0 Å². The van der Waals surface area contributed by atoms with Gasteiger partial charge < -0.3 is 9.47 Å². The summed E-state index contributed by atoms with van der Waals surface area (Å²) in [6, 6.07) is 0. The van der Waals surface area contributed by atoms with Crippen molar-refractivity contribution in [3.63, 3.8) is 0 Å². The van der Waals surface area contributed by atoms with Crippen LogP contribution < -0.4 is 0 Å². The Kier molecular flexibility index (Phi) is 7.77. The molecule has 0 saturated carbocycles. The van der Waals surface area contributed by atoms with Crippen molar-refractivity contribution >= 4 is 22.9 Å². The molecule has 0 amide bonds. The maximum Gasteiger partial charge on any atom is 0.0928 e. The van der Waals surface area contributed by atoms with E-state index in [0.717, 1.165) is 31.6 Å². The molecule has 1 unspecified atom stereocenters. The molecule has 5 heteroatoms. The Labute approximate surface area is 112 Å². The normalized spacial score (nSPS) is 12.9. The van der Waals surface area contributed by atoms with Crippen molar-refractivity contribution in [1.29, 1.82) is 0 Å². The second kappa shape index (κ2) is 8.86. The Hall–Kier alpha value is -0.160. The molecule has 1 heterocycles. The van der Waals surface area contributed by atoms with E-state index in [-0.39, 0.29) is 6.10 Å². The molecule has 98 valence electrons. The summed E-state index contributed by atoms with van der Waals surface area (Å²) in [5, 5.41) is 3.20. The first-order valence-electron chi connectivity index (χ1n) is 5.86. The van der Waals surface area contributed by atoms with Crippen LogP contribution in [0, 0.1) is 0 Å². The highest BCUT2D eigenvalue weighted by Crippen LogP contribution is 2.14. The number of thiazole rings is 1. The van der Waals surface area contributed by atoms with Gasteiger partial charge in [0.25, 0.3) is 0 Å². The Balaban J connectivity index is 2.04. The summed E-state index contributed by atoms with van der Waals surface area (Å²) < 4.78 is 10.6. The molecule has 0 radical (unpaired) electrons. The number of aromatic nitrogens is 1. The van der Waals surface area contributed by atoms with Crippen molar-refractivity contribution in [2.24, 2.45) is 0 Å². The molecule has 0 spiro atoms. The largest absolute Gasteiger partial charge is 0.382 e. The second-order valence-corrected chi connectivity index (χ2v) is 5.17. The number of halogens is 1. The molecule has 0 bridgehead atoms. The van der Waals surface area contributed by atoms with Crippen molar-refractivity contribution in [1.82, 2.24) is 4.98 Å². The van der Waals surface area contributed by atoms with Gasteiger partial charge in [0.2, 0.25) is 0 Å². The second-order valence-electron chi connectivity index (χ2n) is 3.96. The van der Waals surface area contributed by atoms with Gasteiger partial charge in [-0.25, -0.2) is 4.98 Å². The molecular formula is C12H20ClNO2S. The van der Waals surface area contributed by atoms with E-state index in [0.29, 0.717) is 12.5 Å². The van der Waals surface area contributed by atoms with Crippen LogP contribution in [0.2, 0.25) is 0 Å². The summed E-state index contributed by atoms with van der Waals surface area (Å²) in [6.45, 7) is 3.47. The van der Waals surface area contributed by atoms with Gasteiger partial charge in [0.05, 0.1) is 29.3 Å². The lowest BCUT2D eigenvalue weighted by Crippen LogP contribution is -2.15. The number of methoxy groups -OCH3 is 1. The lowest BCUT2D eigenvalue weighted by atomic mass is 10.2. The topological polar surface area (TPSA) is 31.4 Å². The molecular weight excluding hydrogens is 258 g/mol. The summed E-state index contributed by atoms with van der Waals surface area (Å²) >= 11 is 7.39. The zero-order chi connectivity index (χ0) is 12.5. The molecule has 0 fully saturated rings. The molecule has 0 saturated heterocycles. The van der Waals surface area contributed by atoms with Crippen LogP contribution in [0.5, 0.6) is 0 Å². The number of nitrogens with zero attached hydrogens (tertiary/aromatic N) is 1. The van der Waals surface area contributed by atoms with Crippen LogP contribution in [-0.2, 0) is 21.8 Å². The monoisotopic (exact) mass is 277 g/mol. The van der Waals surface area contributed by atoms with E-state index in [9.17, 15) is 0 Å². The average molecular weight is 278 g/mol. The van der Waals surface area contributed by atoms with Crippen molar-refractivity contribution < 1.29 is 9.47 Å².